The van der Waals surface area contributed by atoms with Crippen molar-refractivity contribution in [3.63, 3.8) is 0 Å². The number of aromatic nitrogens is 3. The lowest BCUT2D eigenvalue weighted by Gasteiger charge is -2.36. The summed E-state index contributed by atoms with van der Waals surface area (Å²) in [6, 6.07) is 14.1. The van der Waals surface area contributed by atoms with Gasteiger partial charge in [0, 0.05) is 64.0 Å². The number of benzene rings is 1. The van der Waals surface area contributed by atoms with Gasteiger partial charge in [0.2, 0.25) is 0 Å². The average molecular weight is 426 g/mol. The van der Waals surface area contributed by atoms with E-state index in [-0.39, 0.29) is 0 Å². The zero-order chi connectivity index (χ0) is 20.8. The molecule has 158 valence electrons. The van der Waals surface area contributed by atoms with Gasteiger partial charge in [0.25, 0.3) is 0 Å². The van der Waals surface area contributed by atoms with Gasteiger partial charge >= 0.3 is 0 Å². The fourth-order valence-electron chi connectivity index (χ4n) is 3.81. The van der Waals surface area contributed by atoms with E-state index in [9.17, 15) is 0 Å². The van der Waals surface area contributed by atoms with Gasteiger partial charge < -0.3 is 10.2 Å². The molecule has 30 heavy (non-hydrogen) atoms. The number of aliphatic imine (C=N–C) groups is 1. The number of nitrogens with zero attached hydrogens (tertiary/aromatic N) is 6. The number of aryl methyl sites for hydroxylation is 1. The van der Waals surface area contributed by atoms with Crippen molar-refractivity contribution in [3.8, 4) is 0 Å². The Morgan fingerprint density at radius 2 is 1.87 bits per heavy atom. The first kappa shape index (κ1) is 20.6. The van der Waals surface area contributed by atoms with Crippen LogP contribution in [-0.2, 0) is 13.0 Å². The lowest BCUT2D eigenvalue weighted by Crippen LogP contribution is -2.52. The molecule has 0 aliphatic carbocycles. The third-order valence-corrected chi connectivity index (χ3v) is 5.70. The summed E-state index contributed by atoms with van der Waals surface area (Å²) in [7, 11) is 1.86. The molecule has 1 aromatic carbocycles. The number of guanidine groups is 1. The van der Waals surface area contributed by atoms with Crippen LogP contribution in [0.15, 0.2) is 53.7 Å². The Morgan fingerprint density at radius 1 is 1.07 bits per heavy atom. The largest absolute Gasteiger partial charge is 0.356 e. The quantitative estimate of drug-likeness (QED) is 0.374. The summed E-state index contributed by atoms with van der Waals surface area (Å²) >= 11 is 5.98. The minimum absolute atomic E-state index is 0.788. The van der Waals surface area contributed by atoms with Gasteiger partial charge in [-0.3, -0.25) is 14.3 Å². The molecule has 0 amide bonds. The van der Waals surface area contributed by atoms with Crippen LogP contribution in [0.4, 0.5) is 0 Å². The van der Waals surface area contributed by atoms with Crippen LogP contribution in [0.1, 0.15) is 17.8 Å². The maximum absolute atomic E-state index is 5.98. The molecule has 7 nitrogen and oxygen atoms in total. The van der Waals surface area contributed by atoms with Crippen LogP contribution in [0, 0.1) is 0 Å². The molecule has 0 atom stereocenters. The molecule has 0 spiro atoms. The van der Waals surface area contributed by atoms with Crippen molar-refractivity contribution in [2.75, 3.05) is 39.8 Å². The van der Waals surface area contributed by atoms with Crippen LogP contribution < -0.4 is 5.32 Å². The molecule has 1 aliphatic rings. The zero-order valence-electron chi connectivity index (χ0n) is 17.3. The van der Waals surface area contributed by atoms with E-state index in [1.165, 1.54) is 5.56 Å². The van der Waals surface area contributed by atoms with E-state index in [2.05, 4.69) is 46.8 Å². The molecule has 0 saturated carbocycles. The molecular formula is C22H28ClN7. The zero-order valence-corrected chi connectivity index (χ0v) is 18.1. The molecule has 0 bridgehead atoms. The fraction of sp³-hybridized carbons (Fsp3) is 0.409. The number of halogens is 1. The minimum atomic E-state index is 0.788. The Hall–Kier alpha value is -2.64. The second-order valence-corrected chi connectivity index (χ2v) is 7.95. The number of pyridine rings is 1. The number of piperazine rings is 1. The van der Waals surface area contributed by atoms with Crippen molar-refractivity contribution in [1.29, 1.82) is 0 Å². The van der Waals surface area contributed by atoms with Gasteiger partial charge in [-0.15, -0.1) is 10.2 Å². The lowest BCUT2D eigenvalue weighted by atomic mass is 10.2. The van der Waals surface area contributed by atoms with E-state index < -0.39 is 0 Å². The highest BCUT2D eigenvalue weighted by molar-refractivity contribution is 6.30. The molecule has 3 heterocycles. The summed E-state index contributed by atoms with van der Waals surface area (Å²) in [4.78, 5) is 9.29. The predicted molar refractivity (Wildman–Crippen MR) is 121 cm³/mol. The van der Waals surface area contributed by atoms with Gasteiger partial charge in [-0.25, -0.2) is 0 Å². The van der Waals surface area contributed by atoms with Crippen LogP contribution in [0.2, 0.25) is 5.02 Å². The standard InChI is InChI=1S/C22H28ClN7/c1-24-22(25-11-4-6-21-27-26-20-5-2-3-12-30(20)21)29-15-13-28(14-16-29)17-18-7-9-19(23)10-8-18/h2-3,5,7-10,12H,4,6,11,13-17H2,1H3,(H,24,25). The number of hydrogen-bond acceptors (Lipinski definition) is 4. The van der Waals surface area contributed by atoms with E-state index in [4.69, 9.17) is 11.6 Å². The fourth-order valence-corrected chi connectivity index (χ4v) is 3.93. The lowest BCUT2D eigenvalue weighted by molar-refractivity contribution is 0.172. The summed E-state index contributed by atoms with van der Waals surface area (Å²) in [5, 5.41) is 12.8. The number of hydrogen-bond donors (Lipinski definition) is 1. The van der Waals surface area contributed by atoms with Gasteiger partial charge in [0.05, 0.1) is 0 Å². The Bertz CT molecular complexity index is 975. The summed E-state index contributed by atoms with van der Waals surface area (Å²) in [6.45, 7) is 5.82. The molecule has 1 N–H and O–H groups in total. The molecule has 0 unspecified atom stereocenters. The van der Waals surface area contributed by atoms with Crippen molar-refractivity contribution in [2.45, 2.75) is 19.4 Å². The van der Waals surface area contributed by atoms with Crippen LogP contribution >= 0.6 is 11.6 Å². The van der Waals surface area contributed by atoms with Crippen LogP contribution in [-0.4, -0.2) is 70.1 Å². The van der Waals surface area contributed by atoms with E-state index >= 15 is 0 Å². The Balaban J connectivity index is 1.20. The molecule has 3 aromatic rings. The van der Waals surface area contributed by atoms with Crippen molar-refractivity contribution < 1.29 is 0 Å². The first-order chi connectivity index (χ1) is 14.7. The SMILES string of the molecule is CN=C(NCCCc1nnc2ccccn12)N1CCN(Cc2ccc(Cl)cc2)CC1. The summed E-state index contributed by atoms with van der Waals surface area (Å²) in [5.41, 5.74) is 2.20. The molecule has 1 aliphatic heterocycles. The summed E-state index contributed by atoms with van der Waals surface area (Å²) in [6.07, 6.45) is 3.87. The Kier molecular flexibility index (Phi) is 6.81. The van der Waals surface area contributed by atoms with Crippen molar-refractivity contribution >= 4 is 23.2 Å². The third-order valence-electron chi connectivity index (χ3n) is 5.45. The third kappa shape index (κ3) is 5.09. The molecule has 2 aromatic heterocycles. The average Bonchev–Trinajstić information content (AvgIpc) is 3.19. The van der Waals surface area contributed by atoms with E-state index in [0.29, 0.717) is 0 Å². The summed E-state index contributed by atoms with van der Waals surface area (Å²) < 4.78 is 2.05. The van der Waals surface area contributed by atoms with E-state index in [1.54, 1.807) is 0 Å². The van der Waals surface area contributed by atoms with E-state index in [0.717, 1.165) is 74.6 Å². The van der Waals surface area contributed by atoms with Crippen molar-refractivity contribution in [1.82, 2.24) is 29.7 Å². The van der Waals surface area contributed by atoms with Gasteiger partial charge in [0.15, 0.2) is 11.6 Å². The maximum atomic E-state index is 5.98. The Morgan fingerprint density at radius 3 is 2.63 bits per heavy atom. The number of nitrogens with one attached hydrogen (secondary N) is 1. The second-order valence-electron chi connectivity index (χ2n) is 7.51. The highest BCUT2D eigenvalue weighted by Crippen LogP contribution is 2.13. The van der Waals surface area contributed by atoms with Gasteiger partial charge in [-0.05, 0) is 36.2 Å². The highest BCUT2D eigenvalue weighted by atomic mass is 35.5. The van der Waals surface area contributed by atoms with Crippen molar-refractivity contribution in [3.05, 3.63) is 65.1 Å². The molecular weight excluding hydrogens is 398 g/mol. The Labute approximate surface area is 182 Å². The first-order valence-electron chi connectivity index (χ1n) is 10.4. The smallest absolute Gasteiger partial charge is 0.193 e. The summed E-state index contributed by atoms with van der Waals surface area (Å²) in [5.74, 6) is 1.98. The van der Waals surface area contributed by atoms with Gasteiger partial charge in [-0.2, -0.15) is 0 Å². The normalized spacial score (nSPS) is 15.7. The van der Waals surface area contributed by atoms with Crippen LogP contribution in [0.5, 0.6) is 0 Å². The van der Waals surface area contributed by atoms with Crippen LogP contribution in [0.25, 0.3) is 5.65 Å². The predicted octanol–water partition coefficient (Wildman–Crippen LogP) is 2.71. The van der Waals surface area contributed by atoms with Crippen LogP contribution in [0.3, 0.4) is 0 Å². The van der Waals surface area contributed by atoms with Gasteiger partial charge in [-0.1, -0.05) is 29.8 Å². The number of rotatable bonds is 6. The monoisotopic (exact) mass is 425 g/mol. The minimum Gasteiger partial charge on any atom is -0.356 e. The molecule has 8 heteroatoms. The van der Waals surface area contributed by atoms with Gasteiger partial charge in [0.1, 0.15) is 5.82 Å². The molecule has 1 fully saturated rings. The topological polar surface area (TPSA) is 61.1 Å². The number of fused-ring (bicyclic) bond motifs is 1. The molecule has 0 radical (unpaired) electrons. The molecule has 1 saturated heterocycles. The second kappa shape index (κ2) is 9.91. The molecule has 4 rings (SSSR count). The van der Waals surface area contributed by atoms with E-state index in [1.807, 2.05) is 43.6 Å². The maximum Gasteiger partial charge on any atom is 0.193 e. The first-order valence-corrected chi connectivity index (χ1v) is 10.8. The highest BCUT2D eigenvalue weighted by Gasteiger charge is 2.19. The van der Waals surface area contributed by atoms with Crippen molar-refractivity contribution in [2.24, 2.45) is 4.99 Å².